The summed E-state index contributed by atoms with van der Waals surface area (Å²) in [7, 11) is 0. The number of benzene rings is 1. The van der Waals surface area contributed by atoms with E-state index in [2.05, 4.69) is 27.4 Å². The van der Waals surface area contributed by atoms with Crippen LogP contribution in [0.1, 0.15) is 36.8 Å². The lowest BCUT2D eigenvalue weighted by Crippen LogP contribution is -2.36. The highest BCUT2D eigenvalue weighted by molar-refractivity contribution is 8.14. The monoisotopic (exact) mass is 426 g/mol. The largest absolute Gasteiger partial charge is 0.337 e. The van der Waals surface area contributed by atoms with Crippen molar-refractivity contribution in [1.29, 1.82) is 0 Å². The van der Waals surface area contributed by atoms with E-state index in [-0.39, 0.29) is 17.1 Å². The van der Waals surface area contributed by atoms with E-state index in [4.69, 9.17) is 16.6 Å². The molecule has 0 unspecified atom stereocenters. The van der Waals surface area contributed by atoms with Crippen molar-refractivity contribution in [2.75, 3.05) is 5.75 Å². The van der Waals surface area contributed by atoms with Crippen LogP contribution in [-0.2, 0) is 0 Å². The Kier molecular flexibility index (Phi) is 4.84. The molecule has 2 aliphatic heterocycles. The van der Waals surface area contributed by atoms with Gasteiger partial charge in [0.05, 0.1) is 10.7 Å². The fraction of sp³-hybridized carbons (Fsp3) is 0.273. The number of pyridine rings is 1. The molecule has 0 amide bonds. The van der Waals surface area contributed by atoms with E-state index in [0.29, 0.717) is 6.04 Å². The lowest BCUT2D eigenvalue weighted by Gasteiger charge is -2.32. The standard InChI is InChI=1S/C22H20ClFN4S/c1-2-14-13-29-22-26-20(18-6-3-4-10-25-18)21(28(14)22)19-7-5-11-27(19)15-8-9-17(24)16(23)12-15/h3-12,14,20-21H,2,13H2,1H3/t14-,20+,21+/m0/s1. The Morgan fingerprint density at radius 2 is 2.10 bits per heavy atom. The zero-order valence-corrected chi connectivity index (χ0v) is 17.4. The number of rotatable bonds is 4. The summed E-state index contributed by atoms with van der Waals surface area (Å²) >= 11 is 7.89. The molecule has 4 heterocycles. The Bertz CT molecular complexity index is 1070. The summed E-state index contributed by atoms with van der Waals surface area (Å²) in [5.74, 6) is 0.632. The molecule has 0 spiro atoms. The van der Waals surface area contributed by atoms with Crippen LogP contribution in [0.4, 0.5) is 4.39 Å². The molecule has 3 aromatic rings. The molecule has 2 aliphatic rings. The summed E-state index contributed by atoms with van der Waals surface area (Å²) < 4.78 is 15.8. The first-order chi connectivity index (χ1) is 14.2. The molecular formula is C22H20ClFN4S. The Morgan fingerprint density at radius 1 is 1.21 bits per heavy atom. The summed E-state index contributed by atoms with van der Waals surface area (Å²) in [6, 6.07) is 15.3. The second kappa shape index (κ2) is 7.50. The number of aliphatic imine (C=N–C) groups is 1. The third-order valence-corrected chi connectivity index (χ3v) is 7.01. The molecule has 1 aromatic carbocycles. The molecule has 0 aliphatic carbocycles. The average molecular weight is 427 g/mol. The summed E-state index contributed by atoms with van der Waals surface area (Å²) in [6.45, 7) is 2.22. The van der Waals surface area contributed by atoms with Gasteiger partial charge in [-0.15, -0.1) is 0 Å². The molecule has 7 heteroatoms. The van der Waals surface area contributed by atoms with E-state index in [0.717, 1.165) is 34.4 Å². The molecule has 29 heavy (non-hydrogen) atoms. The number of thioether (sulfide) groups is 1. The van der Waals surface area contributed by atoms with E-state index in [1.807, 2.05) is 48.4 Å². The maximum absolute atomic E-state index is 13.7. The van der Waals surface area contributed by atoms with E-state index >= 15 is 0 Å². The summed E-state index contributed by atoms with van der Waals surface area (Å²) in [5.41, 5.74) is 2.90. The van der Waals surface area contributed by atoms with E-state index < -0.39 is 5.82 Å². The van der Waals surface area contributed by atoms with Gasteiger partial charge in [-0.3, -0.25) is 9.98 Å². The Labute approximate surface area is 178 Å². The van der Waals surface area contributed by atoms with Crippen molar-refractivity contribution in [3.05, 3.63) is 83.2 Å². The molecule has 148 valence electrons. The quantitative estimate of drug-likeness (QED) is 0.541. The molecule has 2 aromatic heterocycles. The Morgan fingerprint density at radius 3 is 2.86 bits per heavy atom. The van der Waals surface area contributed by atoms with Crippen molar-refractivity contribution in [3.8, 4) is 5.69 Å². The van der Waals surface area contributed by atoms with Crippen LogP contribution in [0.25, 0.3) is 5.69 Å². The van der Waals surface area contributed by atoms with Gasteiger partial charge in [-0.25, -0.2) is 4.39 Å². The maximum Gasteiger partial charge on any atom is 0.160 e. The van der Waals surface area contributed by atoms with Crippen molar-refractivity contribution in [1.82, 2.24) is 14.5 Å². The lowest BCUT2D eigenvalue weighted by atomic mass is 9.99. The van der Waals surface area contributed by atoms with Crippen LogP contribution in [0.5, 0.6) is 0 Å². The number of aromatic nitrogens is 2. The minimum atomic E-state index is -0.413. The Hall–Kier alpha value is -2.31. The predicted octanol–water partition coefficient (Wildman–Crippen LogP) is 5.64. The van der Waals surface area contributed by atoms with Crippen molar-refractivity contribution >= 4 is 28.5 Å². The highest BCUT2D eigenvalue weighted by Gasteiger charge is 2.46. The molecule has 1 fully saturated rings. The van der Waals surface area contributed by atoms with Gasteiger partial charge in [-0.05, 0) is 48.9 Å². The van der Waals surface area contributed by atoms with Gasteiger partial charge in [0.2, 0.25) is 0 Å². The number of fused-ring (bicyclic) bond motifs is 1. The van der Waals surface area contributed by atoms with Crippen molar-refractivity contribution in [2.24, 2.45) is 4.99 Å². The first-order valence-corrected chi connectivity index (χ1v) is 11.1. The Balaban J connectivity index is 1.63. The van der Waals surface area contributed by atoms with Crippen molar-refractivity contribution in [3.63, 3.8) is 0 Å². The maximum atomic E-state index is 13.7. The van der Waals surface area contributed by atoms with Crippen molar-refractivity contribution in [2.45, 2.75) is 31.5 Å². The van der Waals surface area contributed by atoms with Gasteiger partial charge in [0.25, 0.3) is 0 Å². The zero-order valence-electron chi connectivity index (χ0n) is 15.9. The van der Waals surface area contributed by atoms with Gasteiger partial charge in [0.15, 0.2) is 5.17 Å². The van der Waals surface area contributed by atoms with Gasteiger partial charge >= 0.3 is 0 Å². The third-order valence-electron chi connectivity index (χ3n) is 5.59. The number of hydrogen-bond donors (Lipinski definition) is 0. The number of amidine groups is 1. The van der Waals surface area contributed by atoms with E-state index in [1.54, 1.807) is 12.1 Å². The minimum Gasteiger partial charge on any atom is -0.337 e. The summed E-state index contributed by atoms with van der Waals surface area (Å²) in [6.07, 6.45) is 4.87. The van der Waals surface area contributed by atoms with Crippen LogP contribution in [0.15, 0.2) is 65.9 Å². The number of nitrogens with zero attached hydrogens (tertiary/aromatic N) is 4. The van der Waals surface area contributed by atoms with Gasteiger partial charge in [0, 0.05) is 35.6 Å². The zero-order chi connectivity index (χ0) is 20.0. The molecule has 5 rings (SSSR count). The molecule has 0 saturated carbocycles. The van der Waals surface area contributed by atoms with Gasteiger partial charge in [-0.1, -0.05) is 36.4 Å². The topological polar surface area (TPSA) is 33.4 Å². The second-order valence-electron chi connectivity index (χ2n) is 7.24. The molecule has 4 nitrogen and oxygen atoms in total. The minimum absolute atomic E-state index is 0.0266. The van der Waals surface area contributed by atoms with Crippen LogP contribution in [0, 0.1) is 5.82 Å². The average Bonchev–Trinajstić information content (AvgIpc) is 3.45. The van der Waals surface area contributed by atoms with Gasteiger partial charge in [-0.2, -0.15) is 0 Å². The van der Waals surface area contributed by atoms with Gasteiger partial charge < -0.3 is 9.47 Å². The van der Waals surface area contributed by atoms with E-state index in [9.17, 15) is 4.39 Å². The first kappa shape index (κ1) is 18.7. The molecule has 0 bridgehead atoms. The highest BCUT2D eigenvalue weighted by atomic mass is 35.5. The summed E-state index contributed by atoms with van der Waals surface area (Å²) in [5, 5.41) is 1.21. The smallest absolute Gasteiger partial charge is 0.160 e. The van der Waals surface area contributed by atoms with Crippen LogP contribution >= 0.6 is 23.4 Å². The molecule has 0 N–H and O–H groups in total. The first-order valence-electron chi connectivity index (χ1n) is 9.70. The molecule has 1 saturated heterocycles. The summed E-state index contributed by atoms with van der Waals surface area (Å²) in [4.78, 5) is 12.1. The fourth-order valence-electron chi connectivity index (χ4n) is 4.18. The van der Waals surface area contributed by atoms with Gasteiger partial charge in [0.1, 0.15) is 17.9 Å². The van der Waals surface area contributed by atoms with Crippen LogP contribution < -0.4 is 0 Å². The SMILES string of the molecule is CC[C@H]1CSC2=N[C@H](c3ccccn3)[C@@H](c3cccn3-c3ccc(F)c(Cl)c3)N21. The predicted molar refractivity (Wildman–Crippen MR) is 116 cm³/mol. The van der Waals surface area contributed by atoms with E-state index in [1.165, 1.54) is 6.07 Å². The molecule has 0 radical (unpaired) electrons. The molecule has 3 atom stereocenters. The highest BCUT2D eigenvalue weighted by Crippen LogP contribution is 2.48. The number of hydrogen-bond acceptors (Lipinski definition) is 4. The van der Waals surface area contributed by atoms with Crippen LogP contribution in [0.3, 0.4) is 0 Å². The number of halogens is 2. The van der Waals surface area contributed by atoms with Crippen LogP contribution in [-0.4, -0.2) is 31.4 Å². The normalized spacial score (nSPS) is 23.3. The van der Waals surface area contributed by atoms with Crippen molar-refractivity contribution < 1.29 is 4.39 Å². The third kappa shape index (κ3) is 3.15. The fourth-order valence-corrected chi connectivity index (χ4v) is 5.69. The lowest BCUT2D eigenvalue weighted by molar-refractivity contribution is 0.249. The second-order valence-corrected chi connectivity index (χ2v) is 8.63. The molecular weight excluding hydrogens is 407 g/mol. The van der Waals surface area contributed by atoms with Crippen LogP contribution in [0.2, 0.25) is 5.02 Å².